The van der Waals surface area contributed by atoms with Crippen molar-refractivity contribution in [3.05, 3.63) is 53.9 Å². The summed E-state index contributed by atoms with van der Waals surface area (Å²) in [7, 11) is 0. The van der Waals surface area contributed by atoms with E-state index in [0.29, 0.717) is 37.7 Å². The molecule has 8 heteroatoms. The van der Waals surface area contributed by atoms with Gasteiger partial charge in [-0.25, -0.2) is 14.8 Å². The lowest BCUT2D eigenvalue weighted by atomic mass is 10.1. The highest BCUT2D eigenvalue weighted by atomic mass is 16.6. The lowest BCUT2D eigenvalue weighted by Gasteiger charge is -2.36. The molecule has 0 atom stereocenters. The minimum Gasteiger partial charge on any atom is -0.446 e. The summed E-state index contributed by atoms with van der Waals surface area (Å²) in [4.78, 5) is 27.2. The summed E-state index contributed by atoms with van der Waals surface area (Å²) in [5.74, 6) is 0.591. The third-order valence-electron chi connectivity index (χ3n) is 5.64. The number of piperidine rings is 1. The van der Waals surface area contributed by atoms with E-state index in [4.69, 9.17) is 10.00 Å². The van der Waals surface area contributed by atoms with Crippen LogP contribution in [0.5, 0.6) is 0 Å². The Morgan fingerprint density at radius 1 is 1.03 bits per heavy atom. The van der Waals surface area contributed by atoms with E-state index in [1.165, 1.54) is 18.0 Å². The number of carbonyl (C=O) groups is 1. The number of hydrogen-bond acceptors (Lipinski definition) is 7. The summed E-state index contributed by atoms with van der Waals surface area (Å²) < 4.78 is 5.78. The zero-order valence-corrected chi connectivity index (χ0v) is 17.0. The van der Waals surface area contributed by atoms with Crippen LogP contribution in [0.15, 0.2) is 42.7 Å². The largest absolute Gasteiger partial charge is 0.446 e. The van der Waals surface area contributed by atoms with E-state index < -0.39 is 0 Å². The summed E-state index contributed by atoms with van der Waals surface area (Å²) in [5, 5.41) is 8.85. The molecule has 2 fully saturated rings. The Balaban J connectivity index is 1.19. The van der Waals surface area contributed by atoms with Gasteiger partial charge in [-0.15, -0.1) is 0 Å². The Bertz CT molecular complexity index is 867. The van der Waals surface area contributed by atoms with Crippen molar-refractivity contribution >= 4 is 12.0 Å². The number of aromatic nitrogens is 2. The van der Waals surface area contributed by atoms with Gasteiger partial charge in [-0.2, -0.15) is 5.26 Å². The first-order chi connectivity index (χ1) is 14.7. The molecule has 1 aromatic carbocycles. The molecule has 2 aliphatic rings. The van der Waals surface area contributed by atoms with Gasteiger partial charge in [-0.1, -0.05) is 30.3 Å². The summed E-state index contributed by atoms with van der Waals surface area (Å²) >= 11 is 0. The van der Waals surface area contributed by atoms with Crippen molar-refractivity contribution in [1.82, 2.24) is 19.8 Å². The Kier molecular flexibility index (Phi) is 6.40. The average Bonchev–Trinajstić information content (AvgIpc) is 2.81. The van der Waals surface area contributed by atoms with Gasteiger partial charge in [0, 0.05) is 45.8 Å². The quantitative estimate of drug-likeness (QED) is 0.770. The molecule has 1 aromatic heterocycles. The van der Waals surface area contributed by atoms with E-state index in [1.54, 1.807) is 4.90 Å². The number of piperazine rings is 1. The Morgan fingerprint density at radius 2 is 1.70 bits per heavy atom. The number of carbonyl (C=O) groups excluding carboxylic acids is 1. The molecule has 0 saturated carbocycles. The third kappa shape index (κ3) is 5.05. The molecule has 0 bridgehead atoms. The summed E-state index contributed by atoms with van der Waals surface area (Å²) in [6.07, 6.45) is 4.55. The van der Waals surface area contributed by atoms with Crippen LogP contribution >= 0.6 is 0 Å². The summed E-state index contributed by atoms with van der Waals surface area (Å²) in [6, 6.07) is 12.5. The fourth-order valence-electron chi connectivity index (χ4n) is 3.88. The molecule has 156 valence electrons. The van der Waals surface area contributed by atoms with E-state index in [1.807, 2.05) is 17.0 Å². The topological polar surface area (TPSA) is 85.6 Å². The highest BCUT2D eigenvalue weighted by Gasteiger charge is 2.27. The molecule has 0 radical (unpaired) electrons. The molecule has 2 saturated heterocycles. The van der Waals surface area contributed by atoms with Crippen LogP contribution in [0, 0.1) is 11.3 Å². The van der Waals surface area contributed by atoms with Gasteiger partial charge >= 0.3 is 6.09 Å². The second kappa shape index (κ2) is 9.55. The first-order valence-electron chi connectivity index (χ1n) is 10.4. The molecule has 2 aromatic rings. The molecular weight excluding hydrogens is 380 g/mol. The van der Waals surface area contributed by atoms with Crippen molar-refractivity contribution in [2.24, 2.45) is 0 Å². The highest BCUT2D eigenvalue weighted by molar-refractivity contribution is 5.68. The van der Waals surface area contributed by atoms with Crippen molar-refractivity contribution in [3.8, 4) is 6.07 Å². The number of ether oxygens (including phenoxy) is 1. The fraction of sp³-hybridized carbons (Fsp3) is 0.455. The van der Waals surface area contributed by atoms with Gasteiger partial charge in [0.05, 0.1) is 18.0 Å². The summed E-state index contributed by atoms with van der Waals surface area (Å²) in [6.45, 7) is 5.28. The van der Waals surface area contributed by atoms with E-state index >= 15 is 0 Å². The normalized spacial score (nSPS) is 18.1. The van der Waals surface area contributed by atoms with Gasteiger partial charge in [0.2, 0.25) is 5.95 Å². The maximum Gasteiger partial charge on any atom is 0.410 e. The molecule has 0 N–H and O–H groups in total. The molecule has 3 heterocycles. The predicted molar refractivity (Wildman–Crippen MR) is 112 cm³/mol. The number of nitrogens with zero attached hydrogens (tertiary/aromatic N) is 6. The molecule has 4 rings (SSSR count). The zero-order chi connectivity index (χ0) is 20.8. The van der Waals surface area contributed by atoms with Crippen LogP contribution in [-0.4, -0.2) is 71.2 Å². The van der Waals surface area contributed by atoms with Gasteiger partial charge in [-0.3, -0.25) is 4.90 Å². The first-order valence-corrected chi connectivity index (χ1v) is 10.4. The van der Waals surface area contributed by atoms with Crippen LogP contribution in [0.2, 0.25) is 0 Å². The molecule has 0 aliphatic carbocycles. The lowest BCUT2D eigenvalue weighted by Crippen LogP contribution is -2.50. The van der Waals surface area contributed by atoms with Gasteiger partial charge in [0.25, 0.3) is 0 Å². The van der Waals surface area contributed by atoms with Crippen LogP contribution in [-0.2, 0) is 11.3 Å². The molecule has 8 nitrogen and oxygen atoms in total. The van der Waals surface area contributed by atoms with E-state index in [-0.39, 0.29) is 12.2 Å². The second-order valence-electron chi connectivity index (χ2n) is 7.70. The monoisotopic (exact) mass is 406 g/mol. The maximum absolute atomic E-state index is 12.6. The third-order valence-corrected chi connectivity index (χ3v) is 5.64. The van der Waals surface area contributed by atoms with Crippen LogP contribution in [0.1, 0.15) is 24.0 Å². The van der Waals surface area contributed by atoms with Gasteiger partial charge < -0.3 is 14.5 Å². The predicted octanol–water partition coefficient (Wildman–Crippen LogP) is 2.27. The van der Waals surface area contributed by atoms with Gasteiger partial charge in [0.15, 0.2) is 0 Å². The van der Waals surface area contributed by atoms with E-state index in [2.05, 4.69) is 39.1 Å². The number of hydrogen-bond donors (Lipinski definition) is 0. The van der Waals surface area contributed by atoms with Crippen molar-refractivity contribution in [2.75, 3.05) is 44.2 Å². The molecule has 1 amide bonds. The van der Waals surface area contributed by atoms with Crippen LogP contribution in [0.4, 0.5) is 10.7 Å². The van der Waals surface area contributed by atoms with Crippen molar-refractivity contribution in [3.63, 3.8) is 0 Å². The van der Waals surface area contributed by atoms with Crippen LogP contribution < -0.4 is 4.90 Å². The molecule has 30 heavy (non-hydrogen) atoms. The van der Waals surface area contributed by atoms with Crippen molar-refractivity contribution in [2.45, 2.75) is 25.5 Å². The zero-order valence-electron chi connectivity index (χ0n) is 17.0. The number of anilines is 1. The standard InChI is InChI=1S/C22H26N6O2/c23-14-19-15-24-21(25-16-19)27-10-12-28(13-11-27)22(29)30-20-6-8-26(9-7-20)17-18-4-2-1-3-5-18/h1-5,15-16,20H,6-13,17H2. The second-order valence-corrected chi connectivity index (χ2v) is 7.70. The number of nitriles is 1. The van der Waals surface area contributed by atoms with Crippen LogP contribution in [0.3, 0.4) is 0 Å². The summed E-state index contributed by atoms with van der Waals surface area (Å²) in [5.41, 5.74) is 1.76. The van der Waals surface area contributed by atoms with Crippen LogP contribution in [0.25, 0.3) is 0 Å². The highest BCUT2D eigenvalue weighted by Crippen LogP contribution is 2.18. The Morgan fingerprint density at radius 3 is 2.33 bits per heavy atom. The maximum atomic E-state index is 12.6. The number of rotatable bonds is 4. The number of benzene rings is 1. The van der Waals surface area contributed by atoms with Gasteiger partial charge in [-0.05, 0) is 18.4 Å². The molecular formula is C22H26N6O2. The smallest absolute Gasteiger partial charge is 0.410 e. The van der Waals surface area contributed by atoms with E-state index in [9.17, 15) is 4.79 Å². The Labute approximate surface area is 176 Å². The fourth-order valence-corrected chi connectivity index (χ4v) is 3.88. The SMILES string of the molecule is N#Cc1cnc(N2CCN(C(=O)OC3CCN(Cc4ccccc4)CC3)CC2)nc1. The number of likely N-dealkylation sites (tertiary alicyclic amines) is 1. The molecule has 0 spiro atoms. The first kappa shape index (κ1) is 20.1. The van der Waals surface area contributed by atoms with E-state index in [0.717, 1.165) is 32.5 Å². The average molecular weight is 406 g/mol. The lowest BCUT2D eigenvalue weighted by molar-refractivity contribution is 0.0261. The number of amides is 1. The molecule has 0 unspecified atom stereocenters. The van der Waals surface area contributed by atoms with Gasteiger partial charge in [0.1, 0.15) is 12.2 Å². The minimum absolute atomic E-state index is 0.00980. The Hall–Kier alpha value is -3.18. The minimum atomic E-state index is -0.225. The van der Waals surface area contributed by atoms with Crippen molar-refractivity contribution < 1.29 is 9.53 Å². The van der Waals surface area contributed by atoms with Crippen molar-refractivity contribution in [1.29, 1.82) is 5.26 Å². The molecule has 2 aliphatic heterocycles.